The van der Waals surface area contributed by atoms with E-state index in [-0.39, 0.29) is 5.54 Å². The number of hydrogen-bond donors (Lipinski definition) is 1. The van der Waals surface area contributed by atoms with Gasteiger partial charge in [-0.05, 0) is 37.4 Å². The van der Waals surface area contributed by atoms with E-state index in [9.17, 15) is 0 Å². The molecule has 0 spiro atoms. The summed E-state index contributed by atoms with van der Waals surface area (Å²) in [6, 6.07) is 0. The highest BCUT2D eigenvalue weighted by molar-refractivity contribution is 8.00. The van der Waals surface area contributed by atoms with Gasteiger partial charge < -0.3 is 5.73 Å². The van der Waals surface area contributed by atoms with E-state index in [4.69, 9.17) is 5.73 Å². The molecule has 0 aromatic rings. The third-order valence-corrected chi connectivity index (χ3v) is 4.48. The Bertz CT molecular complexity index is 154. The molecule has 2 heteroatoms. The zero-order chi connectivity index (χ0) is 7.90. The second-order valence-electron chi connectivity index (χ2n) is 4.19. The minimum Gasteiger partial charge on any atom is -0.325 e. The summed E-state index contributed by atoms with van der Waals surface area (Å²) in [6.45, 7) is 2.36. The highest BCUT2D eigenvalue weighted by atomic mass is 32.2. The lowest BCUT2D eigenvalue weighted by Gasteiger charge is -2.18. The summed E-state index contributed by atoms with van der Waals surface area (Å²) in [5, 5.41) is 0.871. The van der Waals surface area contributed by atoms with Crippen molar-refractivity contribution >= 4 is 11.8 Å². The molecule has 2 fully saturated rings. The predicted octanol–water partition coefficient (Wildman–Crippen LogP) is 2.01. The van der Waals surface area contributed by atoms with Gasteiger partial charge >= 0.3 is 0 Å². The quantitative estimate of drug-likeness (QED) is 0.688. The first-order chi connectivity index (χ1) is 5.20. The fourth-order valence-corrected chi connectivity index (χ4v) is 3.25. The number of thioether (sulfide) groups is 1. The molecule has 11 heavy (non-hydrogen) atoms. The maximum atomic E-state index is 6.08. The van der Waals surface area contributed by atoms with Gasteiger partial charge in [0.05, 0.1) is 0 Å². The summed E-state index contributed by atoms with van der Waals surface area (Å²) in [5.74, 6) is 2.29. The first-order valence-electron chi connectivity index (χ1n) is 4.60. The molecular formula is C9H17NS. The topological polar surface area (TPSA) is 26.0 Å². The van der Waals surface area contributed by atoms with Gasteiger partial charge in [-0.1, -0.05) is 6.92 Å². The zero-order valence-corrected chi connectivity index (χ0v) is 7.99. The van der Waals surface area contributed by atoms with E-state index in [2.05, 4.69) is 18.7 Å². The van der Waals surface area contributed by atoms with Crippen LogP contribution in [-0.2, 0) is 0 Å². The SMILES string of the molecule is CC1SCCC1CC1(N)CC1. The van der Waals surface area contributed by atoms with E-state index in [1.54, 1.807) is 0 Å². The van der Waals surface area contributed by atoms with Crippen LogP contribution in [-0.4, -0.2) is 16.5 Å². The van der Waals surface area contributed by atoms with E-state index in [1.807, 2.05) is 0 Å². The molecule has 0 radical (unpaired) electrons. The van der Waals surface area contributed by atoms with Gasteiger partial charge in [0.15, 0.2) is 0 Å². The summed E-state index contributed by atoms with van der Waals surface area (Å²) >= 11 is 2.12. The largest absolute Gasteiger partial charge is 0.325 e. The molecule has 2 atom stereocenters. The molecule has 2 N–H and O–H groups in total. The second-order valence-corrected chi connectivity index (χ2v) is 5.68. The lowest BCUT2D eigenvalue weighted by Crippen LogP contribution is -2.27. The van der Waals surface area contributed by atoms with Crippen LogP contribution in [0.5, 0.6) is 0 Å². The smallest absolute Gasteiger partial charge is 0.0158 e. The van der Waals surface area contributed by atoms with Crippen LogP contribution in [0.1, 0.15) is 32.6 Å². The Labute approximate surface area is 73.1 Å². The van der Waals surface area contributed by atoms with Gasteiger partial charge in [0.25, 0.3) is 0 Å². The summed E-state index contributed by atoms with van der Waals surface area (Å²) in [4.78, 5) is 0. The van der Waals surface area contributed by atoms with Crippen molar-refractivity contribution in [3.05, 3.63) is 0 Å². The van der Waals surface area contributed by atoms with Crippen LogP contribution in [0, 0.1) is 5.92 Å². The standard InChI is InChI=1S/C9H17NS/c1-7-8(2-5-11-7)6-9(10)3-4-9/h7-8H,2-6,10H2,1H3. The van der Waals surface area contributed by atoms with Crippen LogP contribution < -0.4 is 5.73 Å². The monoisotopic (exact) mass is 171 g/mol. The van der Waals surface area contributed by atoms with Gasteiger partial charge in [0.2, 0.25) is 0 Å². The van der Waals surface area contributed by atoms with Crippen molar-refractivity contribution in [2.75, 3.05) is 5.75 Å². The fraction of sp³-hybridized carbons (Fsp3) is 1.00. The zero-order valence-electron chi connectivity index (χ0n) is 7.18. The van der Waals surface area contributed by atoms with Gasteiger partial charge in [-0.15, -0.1) is 0 Å². The Morgan fingerprint density at radius 2 is 2.27 bits per heavy atom. The number of hydrogen-bond acceptors (Lipinski definition) is 2. The molecule has 64 valence electrons. The molecule has 2 aliphatic rings. The first-order valence-corrected chi connectivity index (χ1v) is 5.65. The third-order valence-electron chi connectivity index (χ3n) is 3.09. The van der Waals surface area contributed by atoms with Crippen molar-refractivity contribution < 1.29 is 0 Å². The minimum atomic E-state index is 0.282. The van der Waals surface area contributed by atoms with Crippen LogP contribution >= 0.6 is 11.8 Å². The third kappa shape index (κ3) is 1.73. The fourth-order valence-electron chi connectivity index (χ4n) is 1.93. The van der Waals surface area contributed by atoms with Crippen molar-refractivity contribution in [3.63, 3.8) is 0 Å². The molecule has 1 saturated heterocycles. The van der Waals surface area contributed by atoms with Crippen LogP contribution in [0.15, 0.2) is 0 Å². The molecule has 0 aromatic heterocycles. The van der Waals surface area contributed by atoms with Crippen molar-refractivity contribution in [1.82, 2.24) is 0 Å². The van der Waals surface area contributed by atoms with Crippen molar-refractivity contribution in [1.29, 1.82) is 0 Å². The second kappa shape index (κ2) is 2.67. The maximum Gasteiger partial charge on any atom is 0.0158 e. The molecule has 1 aliphatic carbocycles. The molecule has 0 bridgehead atoms. The van der Waals surface area contributed by atoms with Gasteiger partial charge in [-0.3, -0.25) is 0 Å². The predicted molar refractivity (Wildman–Crippen MR) is 50.8 cm³/mol. The summed E-state index contributed by atoms with van der Waals surface area (Å²) in [7, 11) is 0. The molecular weight excluding hydrogens is 154 g/mol. The summed E-state index contributed by atoms with van der Waals surface area (Å²) < 4.78 is 0. The Hall–Kier alpha value is 0.310. The first kappa shape index (κ1) is 7.93. The normalized spacial score (nSPS) is 40.9. The van der Waals surface area contributed by atoms with Crippen molar-refractivity contribution in [2.24, 2.45) is 11.7 Å². The Kier molecular flexibility index (Phi) is 1.92. The van der Waals surface area contributed by atoms with Gasteiger partial charge in [0, 0.05) is 10.8 Å². The van der Waals surface area contributed by atoms with Crippen LogP contribution in [0.4, 0.5) is 0 Å². The van der Waals surface area contributed by atoms with Crippen molar-refractivity contribution in [2.45, 2.75) is 43.4 Å². The Morgan fingerprint density at radius 3 is 2.73 bits per heavy atom. The summed E-state index contributed by atoms with van der Waals surface area (Å²) in [5.41, 5.74) is 6.36. The molecule has 1 heterocycles. The Morgan fingerprint density at radius 1 is 1.55 bits per heavy atom. The molecule has 1 nitrogen and oxygen atoms in total. The lowest BCUT2D eigenvalue weighted by atomic mass is 9.94. The number of rotatable bonds is 2. The molecule has 0 amide bonds. The van der Waals surface area contributed by atoms with E-state index >= 15 is 0 Å². The molecule has 2 unspecified atom stereocenters. The molecule has 0 aromatic carbocycles. The van der Waals surface area contributed by atoms with Crippen molar-refractivity contribution in [3.8, 4) is 0 Å². The highest BCUT2D eigenvalue weighted by Crippen LogP contribution is 2.44. The Balaban J connectivity index is 1.85. The minimum absolute atomic E-state index is 0.282. The van der Waals surface area contributed by atoms with Crippen LogP contribution in [0.2, 0.25) is 0 Å². The number of nitrogens with two attached hydrogens (primary N) is 1. The average Bonchev–Trinajstić information content (AvgIpc) is 2.54. The van der Waals surface area contributed by atoms with Gasteiger partial charge in [-0.25, -0.2) is 0 Å². The van der Waals surface area contributed by atoms with E-state index in [1.165, 1.54) is 31.4 Å². The van der Waals surface area contributed by atoms with Gasteiger partial charge in [0.1, 0.15) is 0 Å². The lowest BCUT2D eigenvalue weighted by molar-refractivity contribution is 0.424. The van der Waals surface area contributed by atoms with Crippen LogP contribution in [0.25, 0.3) is 0 Å². The highest BCUT2D eigenvalue weighted by Gasteiger charge is 2.42. The van der Waals surface area contributed by atoms with Crippen LogP contribution in [0.3, 0.4) is 0 Å². The van der Waals surface area contributed by atoms with E-state index in [0.717, 1.165) is 11.2 Å². The molecule has 2 rings (SSSR count). The average molecular weight is 171 g/mol. The maximum absolute atomic E-state index is 6.08. The molecule has 1 aliphatic heterocycles. The molecule has 1 saturated carbocycles. The summed E-state index contributed by atoms with van der Waals surface area (Å²) in [6.07, 6.45) is 5.26. The van der Waals surface area contributed by atoms with E-state index in [0.29, 0.717) is 0 Å². The van der Waals surface area contributed by atoms with E-state index < -0.39 is 0 Å². The van der Waals surface area contributed by atoms with Gasteiger partial charge in [-0.2, -0.15) is 11.8 Å².